The number of hydrogen-bond donors (Lipinski definition) is 1. The van der Waals surface area contributed by atoms with Gasteiger partial charge in [0.15, 0.2) is 0 Å². The first-order valence-corrected chi connectivity index (χ1v) is 6.87. The van der Waals surface area contributed by atoms with Gasteiger partial charge in [-0.05, 0) is 34.8 Å². The van der Waals surface area contributed by atoms with E-state index in [0.717, 1.165) is 11.9 Å². The molecule has 2 unspecified atom stereocenters. The minimum Gasteiger partial charge on any atom is -0.369 e. The highest BCUT2D eigenvalue weighted by Gasteiger charge is 2.19. The number of nitrogens with zero attached hydrogens (tertiary/aromatic N) is 2. The number of aromatic nitrogens is 2. The first kappa shape index (κ1) is 13.3. The summed E-state index contributed by atoms with van der Waals surface area (Å²) in [4.78, 5) is 4.23. The summed E-state index contributed by atoms with van der Waals surface area (Å²) in [6, 6.07) is 3.39. The highest BCUT2D eigenvalue weighted by atomic mass is 79.9. The van der Waals surface area contributed by atoms with Crippen molar-refractivity contribution in [1.29, 1.82) is 0 Å². The number of benzene rings is 1. The lowest BCUT2D eigenvalue weighted by molar-refractivity contribution is 0.381. The second kappa shape index (κ2) is 4.88. The van der Waals surface area contributed by atoms with Gasteiger partial charge in [-0.3, -0.25) is 0 Å². The molecule has 0 spiro atoms. The molecule has 5 heteroatoms. The van der Waals surface area contributed by atoms with Crippen LogP contribution in [0.4, 0.5) is 10.3 Å². The van der Waals surface area contributed by atoms with E-state index in [-0.39, 0.29) is 11.9 Å². The van der Waals surface area contributed by atoms with Crippen molar-refractivity contribution in [2.75, 3.05) is 5.73 Å². The maximum Gasteiger partial charge on any atom is 0.201 e. The van der Waals surface area contributed by atoms with Crippen LogP contribution in [0.15, 0.2) is 16.6 Å². The van der Waals surface area contributed by atoms with Gasteiger partial charge < -0.3 is 10.3 Å². The van der Waals surface area contributed by atoms with Crippen LogP contribution >= 0.6 is 15.9 Å². The van der Waals surface area contributed by atoms with E-state index in [1.54, 1.807) is 6.07 Å². The number of halogens is 2. The quantitative estimate of drug-likeness (QED) is 0.926. The average molecular weight is 314 g/mol. The Hall–Kier alpha value is -1.10. The van der Waals surface area contributed by atoms with Crippen LogP contribution in [-0.4, -0.2) is 9.55 Å². The van der Waals surface area contributed by atoms with E-state index in [2.05, 4.69) is 41.7 Å². The molecule has 0 radical (unpaired) electrons. The molecular weight excluding hydrogens is 297 g/mol. The van der Waals surface area contributed by atoms with Crippen molar-refractivity contribution in [3.63, 3.8) is 0 Å². The number of rotatable bonds is 3. The molecule has 0 amide bonds. The van der Waals surface area contributed by atoms with E-state index >= 15 is 0 Å². The van der Waals surface area contributed by atoms with E-state index in [0.29, 0.717) is 21.9 Å². The third-order valence-corrected chi connectivity index (χ3v) is 4.24. The lowest BCUT2D eigenvalue weighted by Gasteiger charge is -2.21. The van der Waals surface area contributed by atoms with Crippen LogP contribution in [-0.2, 0) is 0 Å². The van der Waals surface area contributed by atoms with Gasteiger partial charge in [0.2, 0.25) is 5.95 Å². The Bertz CT molecular complexity index is 579. The van der Waals surface area contributed by atoms with Gasteiger partial charge in [-0.15, -0.1) is 0 Å². The summed E-state index contributed by atoms with van der Waals surface area (Å²) in [7, 11) is 0. The van der Waals surface area contributed by atoms with Gasteiger partial charge in [0.1, 0.15) is 5.82 Å². The minimum absolute atomic E-state index is 0.234. The molecule has 0 aliphatic rings. The third-order valence-electron chi connectivity index (χ3n) is 3.63. The van der Waals surface area contributed by atoms with Crippen LogP contribution in [0.2, 0.25) is 0 Å². The summed E-state index contributed by atoms with van der Waals surface area (Å²) in [6.07, 6.45) is 1.06. The summed E-state index contributed by atoms with van der Waals surface area (Å²) in [5.74, 6) is 0.604. The van der Waals surface area contributed by atoms with E-state index in [1.807, 2.05) is 4.57 Å². The number of hydrogen-bond acceptors (Lipinski definition) is 2. The molecule has 1 aromatic carbocycles. The van der Waals surface area contributed by atoms with E-state index < -0.39 is 0 Å². The van der Waals surface area contributed by atoms with Crippen LogP contribution in [0.3, 0.4) is 0 Å². The number of nitrogen functional groups attached to an aromatic ring is 1. The van der Waals surface area contributed by atoms with Crippen LogP contribution in [0.5, 0.6) is 0 Å². The van der Waals surface area contributed by atoms with Crippen molar-refractivity contribution in [1.82, 2.24) is 9.55 Å². The molecule has 2 rings (SSSR count). The average Bonchev–Trinajstić information content (AvgIpc) is 2.63. The van der Waals surface area contributed by atoms with Crippen LogP contribution < -0.4 is 5.73 Å². The molecule has 2 atom stereocenters. The summed E-state index contributed by atoms with van der Waals surface area (Å²) in [5, 5.41) is 0. The molecule has 1 aromatic heterocycles. The molecule has 0 saturated heterocycles. The van der Waals surface area contributed by atoms with Crippen molar-refractivity contribution in [2.24, 2.45) is 5.92 Å². The molecule has 0 aliphatic carbocycles. The number of nitrogens with two attached hydrogens (primary N) is 1. The molecule has 2 aromatic rings. The Balaban J connectivity index is 2.63. The Morgan fingerprint density at radius 3 is 2.72 bits per heavy atom. The fourth-order valence-corrected chi connectivity index (χ4v) is 2.46. The Labute approximate surface area is 114 Å². The van der Waals surface area contributed by atoms with Gasteiger partial charge in [-0.25, -0.2) is 9.37 Å². The van der Waals surface area contributed by atoms with Gasteiger partial charge in [0.25, 0.3) is 0 Å². The van der Waals surface area contributed by atoms with Crippen LogP contribution in [0.1, 0.15) is 33.2 Å². The summed E-state index contributed by atoms with van der Waals surface area (Å²) in [5.41, 5.74) is 7.43. The molecule has 18 heavy (non-hydrogen) atoms. The molecule has 0 bridgehead atoms. The summed E-state index contributed by atoms with van der Waals surface area (Å²) in [6.45, 7) is 6.43. The zero-order valence-electron chi connectivity index (χ0n) is 10.7. The van der Waals surface area contributed by atoms with Crippen molar-refractivity contribution < 1.29 is 4.39 Å². The topological polar surface area (TPSA) is 43.8 Å². The molecule has 1 heterocycles. The van der Waals surface area contributed by atoms with Gasteiger partial charge >= 0.3 is 0 Å². The van der Waals surface area contributed by atoms with Gasteiger partial charge in [0, 0.05) is 12.1 Å². The van der Waals surface area contributed by atoms with E-state index in [4.69, 9.17) is 5.73 Å². The maximum absolute atomic E-state index is 13.5. The number of anilines is 1. The molecule has 0 fully saturated rings. The Morgan fingerprint density at radius 2 is 2.11 bits per heavy atom. The largest absolute Gasteiger partial charge is 0.369 e. The highest BCUT2D eigenvalue weighted by Crippen LogP contribution is 2.31. The van der Waals surface area contributed by atoms with Crippen LogP contribution in [0, 0.1) is 11.7 Å². The molecule has 98 valence electrons. The molecule has 0 aliphatic heterocycles. The summed E-state index contributed by atoms with van der Waals surface area (Å²) < 4.78 is 15.9. The number of imidazole rings is 1. The maximum atomic E-state index is 13.5. The first-order valence-electron chi connectivity index (χ1n) is 6.08. The predicted octanol–water partition coefficient (Wildman–Crippen LogP) is 4.13. The lowest BCUT2D eigenvalue weighted by atomic mass is 10.0. The van der Waals surface area contributed by atoms with Gasteiger partial charge in [-0.2, -0.15) is 0 Å². The minimum atomic E-state index is -0.316. The highest BCUT2D eigenvalue weighted by molar-refractivity contribution is 9.10. The Kier molecular flexibility index (Phi) is 3.61. The van der Waals surface area contributed by atoms with Crippen LogP contribution in [0.25, 0.3) is 11.0 Å². The standard InChI is InChI=1S/C13H17BrFN3/c1-4-7(2)8(3)18-12-5-9(14)10(15)6-11(12)17-13(18)16/h5-8H,4H2,1-3H3,(H2,16,17). The predicted molar refractivity (Wildman–Crippen MR) is 76.0 cm³/mol. The zero-order chi connectivity index (χ0) is 13.4. The summed E-state index contributed by atoms with van der Waals surface area (Å²) >= 11 is 3.21. The van der Waals surface area contributed by atoms with Gasteiger partial charge in [0.05, 0.1) is 15.5 Å². The normalized spacial score (nSPS) is 14.9. The lowest BCUT2D eigenvalue weighted by Crippen LogP contribution is -2.15. The SMILES string of the molecule is CCC(C)C(C)n1c(N)nc2cc(F)c(Br)cc21. The third kappa shape index (κ3) is 2.11. The fraction of sp³-hybridized carbons (Fsp3) is 0.462. The monoisotopic (exact) mass is 313 g/mol. The van der Waals surface area contributed by atoms with Crippen molar-refractivity contribution in [2.45, 2.75) is 33.2 Å². The number of fused-ring (bicyclic) bond motifs is 1. The second-order valence-electron chi connectivity index (χ2n) is 4.72. The van der Waals surface area contributed by atoms with Crippen molar-refractivity contribution >= 4 is 32.9 Å². The van der Waals surface area contributed by atoms with E-state index in [1.165, 1.54) is 6.07 Å². The first-order chi connectivity index (χ1) is 8.45. The molecule has 0 saturated carbocycles. The van der Waals surface area contributed by atoms with Crippen molar-refractivity contribution in [3.8, 4) is 0 Å². The fourth-order valence-electron chi connectivity index (χ4n) is 2.13. The molecule has 2 N–H and O–H groups in total. The molecular formula is C13H17BrFN3. The zero-order valence-corrected chi connectivity index (χ0v) is 12.3. The molecule has 3 nitrogen and oxygen atoms in total. The Morgan fingerprint density at radius 1 is 1.44 bits per heavy atom. The van der Waals surface area contributed by atoms with E-state index in [9.17, 15) is 4.39 Å². The van der Waals surface area contributed by atoms with Crippen molar-refractivity contribution in [3.05, 3.63) is 22.4 Å². The van der Waals surface area contributed by atoms with Gasteiger partial charge in [-0.1, -0.05) is 20.3 Å². The second-order valence-corrected chi connectivity index (χ2v) is 5.58. The smallest absolute Gasteiger partial charge is 0.201 e.